The van der Waals surface area contributed by atoms with Gasteiger partial charge >= 0.3 is 5.69 Å². The van der Waals surface area contributed by atoms with E-state index in [9.17, 15) is 14.4 Å². The van der Waals surface area contributed by atoms with Gasteiger partial charge in [-0.25, -0.2) is 4.79 Å². The number of imidazole rings is 1. The fraction of sp³-hybridized carbons (Fsp3) is 0.312. The number of carbonyl (C=O) groups excluding carboxylic acids is 2. The zero-order chi connectivity index (χ0) is 17.1. The molecule has 3 rings (SSSR count). The molecule has 2 aromatic rings. The third kappa shape index (κ3) is 3.68. The van der Waals surface area contributed by atoms with Crippen molar-refractivity contribution in [2.45, 2.75) is 6.42 Å². The van der Waals surface area contributed by atoms with Gasteiger partial charge in [-0.1, -0.05) is 23.7 Å². The smallest absolute Gasteiger partial charge is 0.323 e. The number of piperazine rings is 1. The van der Waals surface area contributed by atoms with Crippen molar-refractivity contribution in [3.05, 3.63) is 57.2 Å². The van der Waals surface area contributed by atoms with E-state index in [1.54, 1.807) is 21.9 Å². The van der Waals surface area contributed by atoms with Crippen LogP contribution in [-0.2, 0) is 11.2 Å². The van der Waals surface area contributed by atoms with E-state index in [1.807, 2.05) is 12.1 Å². The predicted molar refractivity (Wildman–Crippen MR) is 89.1 cm³/mol. The molecule has 1 saturated heterocycles. The monoisotopic (exact) mass is 348 g/mol. The van der Waals surface area contributed by atoms with E-state index in [0.29, 0.717) is 37.6 Å². The molecule has 1 aromatic carbocycles. The number of amides is 2. The Labute approximate surface area is 143 Å². The molecule has 8 heteroatoms. The Hall–Kier alpha value is -2.54. The van der Waals surface area contributed by atoms with Crippen molar-refractivity contribution in [3.63, 3.8) is 0 Å². The summed E-state index contributed by atoms with van der Waals surface area (Å²) in [5.74, 6) is -0.227. The summed E-state index contributed by atoms with van der Waals surface area (Å²) >= 11 is 5.93. The highest BCUT2D eigenvalue weighted by atomic mass is 35.5. The van der Waals surface area contributed by atoms with E-state index < -0.39 is 5.69 Å². The predicted octanol–water partition coefficient (Wildman–Crippen LogP) is 0.883. The van der Waals surface area contributed by atoms with E-state index in [4.69, 9.17) is 11.6 Å². The second-order valence-corrected chi connectivity index (χ2v) is 6.07. The molecule has 0 unspecified atom stereocenters. The Morgan fingerprint density at radius 1 is 1.12 bits per heavy atom. The number of halogens is 1. The minimum Gasteiger partial charge on any atom is -0.339 e. The van der Waals surface area contributed by atoms with Crippen LogP contribution in [0.15, 0.2) is 35.3 Å². The fourth-order valence-electron chi connectivity index (χ4n) is 2.71. The SMILES string of the molecule is O=C(Cc1cccc(Cl)c1)N1CCN(C(=O)c2c[nH]c(=O)[nH]2)CC1. The molecule has 1 fully saturated rings. The number of benzene rings is 1. The summed E-state index contributed by atoms with van der Waals surface area (Å²) < 4.78 is 0. The first-order valence-electron chi connectivity index (χ1n) is 7.62. The van der Waals surface area contributed by atoms with E-state index in [1.165, 1.54) is 6.20 Å². The van der Waals surface area contributed by atoms with Gasteiger partial charge in [-0.3, -0.25) is 9.59 Å². The van der Waals surface area contributed by atoms with Gasteiger partial charge in [0.2, 0.25) is 5.91 Å². The molecule has 2 N–H and O–H groups in total. The second kappa shape index (κ2) is 6.92. The van der Waals surface area contributed by atoms with Gasteiger partial charge in [0.25, 0.3) is 5.91 Å². The minimum atomic E-state index is -0.409. The molecule has 0 radical (unpaired) electrons. The lowest BCUT2D eigenvalue weighted by Crippen LogP contribution is -2.51. The summed E-state index contributed by atoms with van der Waals surface area (Å²) in [7, 11) is 0. The summed E-state index contributed by atoms with van der Waals surface area (Å²) in [4.78, 5) is 43.9. The first-order valence-corrected chi connectivity index (χ1v) is 8.00. The number of aromatic amines is 2. The average Bonchev–Trinajstić information content (AvgIpc) is 3.01. The fourth-order valence-corrected chi connectivity index (χ4v) is 2.92. The largest absolute Gasteiger partial charge is 0.339 e. The van der Waals surface area contributed by atoms with E-state index in [2.05, 4.69) is 9.97 Å². The van der Waals surface area contributed by atoms with Crippen molar-refractivity contribution >= 4 is 23.4 Å². The maximum absolute atomic E-state index is 12.4. The highest BCUT2D eigenvalue weighted by Gasteiger charge is 2.25. The van der Waals surface area contributed by atoms with Crippen LogP contribution < -0.4 is 5.69 Å². The van der Waals surface area contributed by atoms with Gasteiger partial charge in [0.1, 0.15) is 5.69 Å². The van der Waals surface area contributed by atoms with Gasteiger partial charge in [0, 0.05) is 37.4 Å². The molecule has 1 aliphatic heterocycles. The molecule has 7 nitrogen and oxygen atoms in total. The second-order valence-electron chi connectivity index (χ2n) is 5.64. The van der Waals surface area contributed by atoms with Gasteiger partial charge in [-0.05, 0) is 17.7 Å². The Balaban J connectivity index is 1.55. The molecule has 1 aromatic heterocycles. The van der Waals surface area contributed by atoms with Gasteiger partial charge in [0.15, 0.2) is 0 Å². The summed E-state index contributed by atoms with van der Waals surface area (Å²) in [6.07, 6.45) is 1.65. The van der Waals surface area contributed by atoms with Crippen LogP contribution in [0.25, 0.3) is 0 Å². The molecule has 0 saturated carbocycles. The number of nitrogens with zero attached hydrogens (tertiary/aromatic N) is 2. The minimum absolute atomic E-state index is 0.0133. The number of hydrogen-bond donors (Lipinski definition) is 2. The van der Waals surface area contributed by atoms with Gasteiger partial charge in [0.05, 0.1) is 6.42 Å². The number of rotatable bonds is 3. The lowest BCUT2D eigenvalue weighted by atomic mass is 10.1. The van der Waals surface area contributed by atoms with Crippen molar-refractivity contribution < 1.29 is 9.59 Å². The lowest BCUT2D eigenvalue weighted by Gasteiger charge is -2.34. The van der Waals surface area contributed by atoms with Gasteiger partial charge < -0.3 is 19.8 Å². The number of carbonyl (C=O) groups is 2. The molecule has 0 atom stereocenters. The number of aromatic nitrogens is 2. The molecule has 0 bridgehead atoms. The van der Waals surface area contributed by atoms with Crippen LogP contribution in [0.2, 0.25) is 5.02 Å². The molecular formula is C16H17ClN4O3. The first kappa shape index (κ1) is 16.3. The Morgan fingerprint density at radius 3 is 2.46 bits per heavy atom. The molecule has 0 spiro atoms. The van der Waals surface area contributed by atoms with E-state index in [0.717, 1.165) is 5.56 Å². The normalized spacial score (nSPS) is 14.7. The van der Waals surface area contributed by atoms with Gasteiger partial charge in [-0.2, -0.15) is 0 Å². The maximum atomic E-state index is 12.4. The van der Waals surface area contributed by atoms with Crippen LogP contribution in [0.3, 0.4) is 0 Å². The van der Waals surface area contributed by atoms with Crippen LogP contribution in [0.4, 0.5) is 0 Å². The lowest BCUT2D eigenvalue weighted by molar-refractivity contribution is -0.131. The van der Waals surface area contributed by atoms with Gasteiger partial charge in [-0.15, -0.1) is 0 Å². The number of H-pyrrole nitrogens is 2. The zero-order valence-corrected chi connectivity index (χ0v) is 13.7. The van der Waals surface area contributed by atoms with Crippen LogP contribution in [0.5, 0.6) is 0 Å². The summed E-state index contributed by atoms with van der Waals surface area (Å²) in [5.41, 5.74) is 0.697. The number of nitrogens with one attached hydrogen (secondary N) is 2. The van der Waals surface area contributed by atoms with Crippen LogP contribution in [-0.4, -0.2) is 57.8 Å². The molecule has 1 aliphatic rings. The standard InChI is InChI=1S/C16H17ClN4O3/c17-12-3-1-2-11(8-12)9-14(22)20-4-6-21(7-5-20)15(23)13-10-18-16(24)19-13/h1-3,8,10H,4-7,9H2,(H2,18,19,24). The Morgan fingerprint density at radius 2 is 1.83 bits per heavy atom. The van der Waals surface area contributed by atoms with Crippen molar-refractivity contribution in [3.8, 4) is 0 Å². The third-order valence-corrected chi connectivity index (χ3v) is 4.23. The molecule has 0 aliphatic carbocycles. The van der Waals surface area contributed by atoms with E-state index in [-0.39, 0.29) is 17.5 Å². The van der Waals surface area contributed by atoms with Crippen LogP contribution >= 0.6 is 11.6 Å². The van der Waals surface area contributed by atoms with Crippen molar-refractivity contribution in [2.75, 3.05) is 26.2 Å². The topological polar surface area (TPSA) is 89.3 Å². The summed E-state index contributed by atoms with van der Waals surface area (Å²) in [6, 6.07) is 7.23. The molecule has 126 valence electrons. The number of hydrogen-bond acceptors (Lipinski definition) is 3. The zero-order valence-electron chi connectivity index (χ0n) is 12.9. The quantitative estimate of drug-likeness (QED) is 0.863. The van der Waals surface area contributed by atoms with Crippen LogP contribution in [0.1, 0.15) is 16.1 Å². The Bertz CT molecular complexity index is 805. The average molecular weight is 349 g/mol. The Kier molecular flexibility index (Phi) is 4.71. The summed E-state index contributed by atoms with van der Waals surface area (Å²) in [5, 5.41) is 0.608. The summed E-state index contributed by atoms with van der Waals surface area (Å²) in [6.45, 7) is 1.82. The maximum Gasteiger partial charge on any atom is 0.323 e. The first-order chi connectivity index (χ1) is 11.5. The molecule has 2 amide bonds. The van der Waals surface area contributed by atoms with Crippen molar-refractivity contribution in [1.82, 2.24) is 19.8 Å². The molecular weight excluding hydrogens is 332 g/mol. The molecule has 2 heterocycles. The van der Waals surface area contributed by atoms with E-state index >= 15 is 0 Å². The van der Waals surface area contributed by atoms with Crippen molar-refractivity contribution in [2.24, 2.45) is 0 Å². The highest BCUT2D eigenvalue weighted by Crippen LogP contribution is 2.13. The van der Waals surface area contributed by atoms with Crippen molar-refractivity contribution in [1.29, 1.82) is 0 Å². The third-order valence-electron chi connectivity index (χ3n) is 3.99. The highest BCUT2D eigenvalue weighted by molar-refractivity contribution is 6.30. The van der Waals surface area contributed by atoms with Crippen LogP contribution in [0, 0.1) is 0 Å². The molecule has 24 heavy (non-hydrogen) atoms.